The molecule has 3 rings (SSSR count). The molecule has 0 radical (unpaired) electrons. The van der Waals surface area contributed by atoms with Crippen molar-refractivity contribution in [2.24, 2.45) is 0 Å². The number of halogens is 1. The predicted molar refractivity (Wildman–Crippen MR) is 101 cm³/mol. The van der Waals surface area contributed by atoms with Gasteiger partial charge in [-0.1, -0.05) is 54.1 Å². The Morgan fingerprint density at radius 2 is 1.76 bits per heavy atom. The lowest BCUT2D eigenvalue weighted by molar-refractivity contribution is 0.102. The number of carbonyl (C=O) groups excluding carboxylic acids is 1. The van der Waals surface area contributed by atoms with Crippen LogP contribution in [0.15, 0.2) is 72.8 Å². The molecule has 0 heterocycles. The Morgan fingerprint density at radius 3 is 2.56 bits per heavy atom. The number of amides is 1. The van der Waals surface area contributed by atoms with Gasteiger partial charge < -0.3 is 10.1 Å². The summed E-state index contributed by atoms with van der Waals surface area (Å²) in [4.78, 5) is 12.5. The highest BCUT2D eigenvalue weighted by Crippen LogP contribution is 2.20. The Balaban J connectivity index is 1.70. The fraction of sp³-hybridized carbons (Fsp3) is 0.0952. The third-order valence-electron chi connectivity index (χ3n) is 3.84. The largest absolute Gasteiger partial charge is 0.489 e. The van der Waals surface area contributed by atoms with E-state index >= 15 is 0 Å². The van der Waals surface area contributed by atoms with E-state index in [1.54, 1.807) is 18.2 Å². The summed E-state index contributed by atoms with van der Waals surface area (Å²) in [5.74, 6) is 0.454. The first-order chi connectivity index (χ1) is 12.1. The summed E-state index contributed by atoms with van der Waals surface area (Å²) in [6, 6.07) is 22.3. The second-order valence-electron chi connectivity index (χ2n) is 5.68. The number of carbonyl (C=O) groups is 1. The number of ether oxygens (including phenoxy) is 1. The quantitative estimate of drug-likeness (QED) is 0.661. The van der Waals surface area contributed by atoms with Gasteiger partial charge >= 0.3 is 0 Å². The summed E-state index contributed by atoms with van der Waals surface area (Å²) < 4.78 is 5.77. The Labute approximate surface area is 152 Å². The predicted octanol–water partition coefficient (Wildman–Crippen LogP) is 5.48. The average molecular weight is 352 g/mol. The second-order valence-corrected chi connectivity index (χ2v) is 6.08. The Bertz CT molecular complexity index is 892. The molecule has 0 aliphatic rings. The van der Waals surface area contributed by atoms with Crippen molar-refractivity contribution in [3.8, 4) is 5.75 Å². The summed E-state index contributed by atoms with van der Waals surface area (Å²) in [6.07, 6.45) is 0. The first-order valence-corrected chi connectivity index (χ1v) is 8.34. The van der Waals surface area contributed by atoms with Gasteiger partial charge in [-0.3, -0.25) is 4.79 Å². The molecule has 3 nitrogen and oxygen atoms in total. The van der Waals surface area contributed by atoms with Crippen LogP contribution in [0, 0.1) is 6.92 Å². The van der Waals surface area contributed by atoms with Gasteiger partial charge in [-0.15, -0.1) is 0 Å². The molecule has 1 amide bonds. The van der Waals surface area contributed by atoms with Crippen LogP contribution in [0.1, 0.15) is 21.5 Å². The molecule has 0 aromatic heterocycles. The van der Waals surface area contributed by atoms with Crippen LogP contribution in [0.4, 0.5) is 5.69 Å². The van der Waals surface area contributed by atoms with Gasteiger partial charge in [-0.25, -0.2) is 0 Å². The van der Waals surface area contributed by atoms with Crippen LogP contribution in [-0.2, 0) is 6.61 Å². The lowest BCUT2D eigenvalue weighted by Crippen LogP contribution is -2.12. The molecule has 1 N–H and O–H groups in total. The van der Waals surface area contributed by atoms with Crippen LogP contribution in [0.3, 0.4) is 0 Å². The van der Waals surface area contributed by atoms with Gasteiger partial charge in [-0.05, 0) is 42.8 Å². The topological polar surface area (TPSA) is 38.3 Å². The van der Waals surface area contributed by atoms with E-state index in [9.17, 15) is 4.79 Å². The zero-order chi connectivity index (χ0) is 17.6. The van der Waals surface area contributed by atoms with Gasteiger partial charge in [0.05, 0.1) is 0 Å². The normalized spacial score (nSPS) is 10.3. The fourth-order valence-corrected chi connectivity index (χ4v) is 2.60. The zero-order valence-corrected chi connectivity index (χ0v) is 14.6. The van der Waals surface area contributed by atoms with E-state index in [0.717, 1.165) is 16.8 Å². The molecule has 0 aliphatic carbocycles. The maximum Gasteiger partial charge on any atom is 0.255 e. The van der Waals surface area contributed by atoms with E-state index < -0.39 is 0 Å². The van der Waals surface area contributed by atoms with E-state index in [0.29, 0.717) is 22.9 Å². The number of hydrogen-bond acceptors (Lipinski definition) is 2. The minimum atomic E-state index is -0.169. The smallest absolute Gasteiger partial charge is 0.255 e. The number of hydrogen-bond donors (Lipinski definition) is 1. The molecule has 0 saturated heterocycles. The van der Waals surface area contributed by atoms with Gasteiger partial charge in [0.2, 0.25) is 0 Å². The molecular weight excluding hydrogens is 334 g/mol. The van der Waals surface area contributed by atoms with Crippen molar-refractivity contribution in [1.29, 1.82) is 0 Å². The standard InChI is InChI=1S/C21H18ClNO2/c1-15-7-2-5-12-20(15)23-21(24)16-9-6-10-18(13-16)25-14-17-8-3-4-11-19(17)22/h2-13H,14H2,1H3,(H,23,24). The number of benzene rings is 3. The average Bonchev–Trinajstić information content (AvgIpc) is 2.63. The third-order valence-corrected chi connectivity index (χ3v) is 4.21. The van der Waals surface area contributed by atoms with Crippen molar-refractivity contribution in [2.45, 2.75) is 13.5 Å². The van der Waals surface area contributed by atoms with Crippen LogP contribution < -0.4 is 10.1 Å². The number of anilines is 1. The Morgan fingerprint density at radius 1 is 1.00 bits per heavy atom. The number of rotatable bonds is 5. The van der Waals surface area contributed by atoms with E-state index in [1.165, 1.54) is 0 Å². The second kappa shape index (κ2) is 7.86. The lowest BCUT2D eigenvalue weighted by atomic mass is 10.1. The SMILES string of the molecule is Cc1ccccc1NC(=O)c1cccc(OCc2ccccc2Cl)c1. The minimum Gasteiger partial charge on any atom is -0.489 e. The van der Waals surface area contributed by atoms with Crippen molar-refractivity contribution >= 4 is 23.2 Å². The van der Waals surface area contributed by atoms with Crippen molar-refractivity contribution in [3.05, 3.63) is 94.5 Å². The number of aryl methyl sites for hydroxylation is 1. The molecule has 0 spiro atoms. The maximum absolute atomic E-state index is 12.5. The van der Waals surface area contributed by atoms with Gasteiger partial charge in [0, 0.05) is 21.8 Å². The van der Waals surface area contributed by atoms with Gasteiger partial charge in [-0.2, -0.15) is 0 Å². The van der Waals surface area contributed by atoms with Crippen LogP contribution in [-0.4, -0.2) is 5.91 Å². The monoisotopic (exact) mass is 351 g/mol. The maximum atomic E-state index is 12.5. The molecule has 3 aromatic rings. The number of nitrogens with one attached hydrogen (secondary N) is 1. The summed E-state index contributed by atoms with van der Waals surface area (Å²) in [5.41, 5.74) is 3.26. The molecular formula is C21H18ClNO2. The molecule has 0 bridgehead atoms. The third kappa shape index (κ3) is 4.40. The molecule has 25 heavy (non-hydrogen) atoms. The van der Waals surface area contributed by atoms with E-state index in [4.69, 9.17) is 16.3 Å². The van der Waals surface area contributed by atoms with Crippen molar-refractivity contribution in [1.82, 2.24) is 0 Å². The highest BCUT2D eigenvalue weighted by atomic mass is 35.5. The van der Waals surface area contributed by atoms with Gasteiger partial charge in [0.1, 0.15) is 12.4 Å². The van der Waals surface area contributed by atoms with E-state index in [-0.39, 0.29) is 5.91 Å². The first-order valence-electron chi connectivity index (χ1n) is 7.97. The van der Waals surface area contributed by atoms with Crippen LogP contribution in [0.5, 0.6) is 5.75 Å². The molecule has 0 aliphatic heterocycles. The fourth-order valence-electron chi connectivity index (χ4n) is 2.41. The zero-order valence-electron chi connectivity index (χ0n) is 13.8. The van der Waals surface area contributed by atoms with Crippen LogP contribution >= 0.6 is 11.6 Å². The Hall–Kier alpha value is -2.78. The van der Waals surface area contributed by atoms with E-state index in [2.05, 4.69) is 5.32 Å². The van der Waals surface area contributed by atoms with Crippen LogP contribution in [0.2, 0.25) is 5.02 Å². The highest BCUT2D eigenvalue weighted by Gasteiger charge is 2.09. The molecule has 0 saturated carbocycles. The summed E-state index contributed by atoms with van der Waals surface area (Å²) >= 11 is 6.13. The first kappa shape index (κ1) is 17.1. The summed E-state index contributed by atoms with van der Waals surface area (Å²) in [7, 11) is 0. The summed E-state index contributed by atoms with van der Waals surface area (Å²) in [6.45, 7) is 2.31. The van der Waals surface area contributed by atoms with Gasteiger partial charge in [0.15, 0.2) is 0 Å². The highest BCUT2D eigenvalue weighted by molar-refractivity contribution is 6.31. The molecule has 0 fully saturated rings. The van der Waals surface area contributed by atoms with E-state index in [1.807, 2.05) is 61.5 Å². The van der Waals surface area contributed by atoms with Crippen molar-refractivity contribution in [2.75, 3.05) is 5.32 Å². The molecule has 0 atom stereocenters. The Kier molecular flexibility index (Phi) is 5.36. The molecule has 4 heteroatoms. The van der Waals surface area contributed by atoms with Crippen LogP contribution in [0.25, 0.3) is 0 Å². The molecule has 126 valence electrons. The molecule has 3 aromatic carbocycles. The summed E-state index contributed by atoms with van der Waals surface area (Å²) in [5, 5.41) is 3.58. The van der Waals surface area contributed by atoms with Crippen molar-refractivity contribution < 1.29 is 9.53 Å². The lowest BCUT2D eigenvalue weighted by Gasteiger charge is -2.11. The minimum absolute atomic E-state index is 0.169. The number of para-hydroxylation sites is 1. The van der Waals surface area contributed by atoms with Crippen molar-refractivity contribution in [3.63, 3.8) is 0 Å². The molecule has 0 unspecified atom stereocenters. The van der Waals surface area contributed by atoms with Gasteiger partial charge in [0.25, 0.3) is 5.91 Å².